The number of carbonyl (C=O) groups is 1. The topological polar surface area (TPSA) is 59.4 Å². The number of hydrogen-bond donors (Lipinski definition) is 1. The quantitative estimate of drug-likeness (QED) is 0.922. The minimum Gasteiger partial charge on any atom is -0.496 e. The first-order valence-electron chi connectivity index (χ1n) is 5.56. The molecule has 0 fully saturated rings. The number of carboxylic acid groups (broad SMARTS) is 1. The highest BCUT2D eigenvalue weighted by Crippen LogP contribution is 2.33. The van der Waals surface area contributed by atoms with Gasteiger partial charge >= 0.3 is 5.97 Å². The summed E-state index contributed by atoms with van der Waals surface area (Å²) in [4.78, 5) is 15.2. The zero-order chi connectivity index (χ0) is 14.0. The molecule has 4 nitrogen and oxygen atoms in total. The Kier molecular flexibility index (Phi) is 3.46. The maximum Gasteiger partial charge on any atom is 0.337 e. The van der Waals surface area contributed by atoms with Gasteiger partial charge in [0, 0.05) is 23.0 Å². The van der Waals surface area contributed by atoms with Crippen LogP contribution in [-0.4, -0.2) is 23.2 Å². The number of rotatable bonds is 3. The number of aromatic carboxylic acids is 1. The third kappa shape index (κ3) is 2.54. The van der Waals surface area contributed by atoms with Crippen LogP contribution in [0.1, 0.15) is 16.1 Å². The molecule has 2 aromatic rings. The molecule has 0 unspecified atom stereocenters. The van der Waals surface area contributed by atoms with Gasteiger partial charge in [0.25, 0.3) is 0 Å². The first-order valence-corrected chi connectivity index (χ1v) is 5.56. The maximum atomic E-state index is 13.4. The number of halogens is 1. The van der Waals surface area contributed by atoms with E-state index in [0.717, 1.165) is 0 Å². The molecule has 1 aromatic carbocycles. The lowest BCUT2D eigenvalue weighted by molar-refractivity contribution is 0.0697. The molecule has 1 aromatic heterocycles. The average molecular weight is 261 g/mol. The second-order valence-corrected chi connectivity index (χ2v) is 4.02. The predicted molar refractivity (Wildman–Crippen MR) is 67.9 cm³/mol. The Labute approximate surface area is 109 Å². The fourth-order valence-electron chi connectivity index (χ4n) is 1.84. The first-order chi connectivity index (χ1) is 9.02. The lowest BCUT2D eigenvalue weighted by atomic mass is 9.99. The van der Waals surface area contributed by atoms with E-state index in [1.807, 2.05) is 0 Å². The molecule has 5 heteroatoms. The van der Waals surface area contributed by atoms with Gasteiger partial charge in [0.15, 0.2) is 0 Å². The van der Waals surface area contributed by atoms with E-state index in [0.29, 0.717) is 22.6 Å². The Morgan fingerprint density at radius 3 is 2.68 bits per heavy atom. The van der Waals surface area contributed by atoms with E-state index in [-0.39, 0.29) is 5.56 Å². The van der Waals surface area contributed by atoms with Crippen molar-refractivity contribution in [1.29, 1.82) is 0 Å². The molecule has 0 amide bonds. The third-order valence-electron chi connectivity index (χ3n) is 2.72. The molecule has 0 radical (unpaired) electrons. The molecule has 98 valence electrons. The molecule has 0 saturated heterocycles. The van der Waals surface area contributed by atoms with Gasteiger partial charge < -0.3 is 9.84 Å². The normalized spacial score (nSPS) is 10.3. The van der Waals surface area contributed by atoms with E-state index < -0.39 is 11.8 Å². The first kappa shape index (κ1) is 13.0. The minimum absolute atomic E-state index is 0.00880. The van der Waals surface area contributed by atoms with Crippen molar-refractivity contribution < 1.29 is 19.0 Å². The van der Waals surface area contributed by atoms with E-state index in [2.05, 4.69) is 4.98 Å². The van der Waals surface area contributed by atoms with Gasteiger partial charge in [-0.15, -0.1) is 0 Å². The van der Waals surface area contributed by atoms with E-state index in [1.165, 1.54) is 31.5 Å². The maximum absolute atomic E-state index is 13.4. The number of aryl methyl sites for hydroxylation is 1. The lowest BCUT2D eigenvalue weighted by Gasteiger charge is -2.11. The van der Waals surface area contributed by atoms with Crippen molar-refractivity contribution in [3.8, 4) is 16.9 Å². The fraction of sp³-hybridized carbons (Fsp3) is 0.143. The summed E-state index contributed by atoms with van der Waals surface area (Å²) >= 11 is 0. The highest BCUT2D eigenvalue weighted by Gasteiger charge is 2.16. The van der Waals surface area contributed by atoms with Gasteiger partial charge in [-0.25, -0.2) is 9.18 Å². The van der Waals surface area contributed by atoms with Crippen LogP contribution in [0.25, 0.3) is 11.1 Å². The second-order valence-electron chi connectivity index (χ2n) is 4.02. The molecule has 0 aliphatic carbocycles. The Hall–Kier alpha value is -2.43. The molecule has 0 spiro atoms. The number of carboxylic acids is 1. The Morgan fingerprint density at radius 1 is 1.32 bits per heavy atom. The van der Waals surface area contributed by atoms with Crippen molar-refractivity contribution in [3.63, 3.8) is 0 Å². The molecule has 0 aliphatic heterocycles. The van der Waals surface area contributed by atoms with Gasteiger partial charge in [-0.05, 0) is 31.2 Å². The van der Waals surface area contributed by atoms with Crippen LogP contribution >= 0.6 is 0 Å². The van der Waals surface area contributed by atoms with Gasteiger partial charge in [0.2, 0.25) is 0 Å². The summed E-state index contributed by atoms with van der Waals surface area (Å²) in [5, 5.41) is 9.18. The number of ether oxygens (including phenoxy) is 1. The monoisotopic (exact) mass is 261 g/mol. The molecule has 0 saturated carbocycles. The van der Waals surface area contributed by atoms with Crippen LogP contribution in [0.4, 0.5) is 4.39 Å². The number of nitrogens with zero attached hydrogens (tertiary/aromatic N) is 1. The van der Waals surface area contributed by atoms with Crippen molar-refractivity contribution in [2.75, 3.05) is 7.11 Å². The fourth-order valence-corrected chi connectivity index (χ4v) is 1.84. The molecule has 0 aliphatic rings. The summed E-state index contributed by atoms with van der Waals surface area (Å²) in [5.74, 6) is -1.16. The summed E-state index contributed by atoms with van der Waals surface area (Å²) in [6.07, 6.45) is 1.26. The highest BCUT2D eigenvalue weighted by atomic mass is 19.1. The lowest BCUT2D eigenvalue weighted by Crippen LogP contribution is -2.02. The smallest absolute Gasteiger partial charge is 0.337 e. The number of methoxy groups -OCH3 is 1. The van der Waals surface area contributed by atoms with Gasteiger partial charge in [-0.3, -0.25) is 4.98 Å². The molecular formula is C14H12FNO3. The molecule has 1 N–H and O–H groups in total. The average Bonchev–Trinajstić information content (AvgIpc) is 2.38. The summed E-state index contributed by atoms with van der Waals surface area (Å²) < 4.78 is 18.5. The zero-order valence-electron chi connectivity index (χ0n) is 10.5. The largest absolute Gasteiger partial charge is 0.496 e. The van der Waals surface area contributed by atoms with E-state index in [1.54, 1.807) is 13.0 Å². The van der Waals surface area contributed by atoms with Crippen LogP contribution in [-0.2, 0) is 0 Å². The number of benzene rings is 1. The Morgan fingerprint density at radius 2 is 2.05 bits per heavy atom. The molecular weight excluding hydrogens is 249 g/mol. The predicted octanol–water partition coefficient (Wildman–Crippen LogP) is 2.90. The van der Waals surface area contributed by atoms with Gasteiger partial charge in [-0.2, -0.15) is 0 Å². The van der Waals surface area contributed by atoms with Crippen molar-refractivity contribution in [1.82, 2.24) is 4.98 Å². The van der Waals surface area contributed by atoms with Crippen LogP contribution in [0.3, 0.4) is 0 Å². The molecule has 2 rings (SSSR count). The molecule has 19 heavy (non-hydrogen) atoms. The van der Waals surface area contributed by atoms with Crippen molar-refractivity contribution in [3.05, 3.63) is 47.5 Å². The number of pyridine rings is 1. The van der Waals surface area contributed by atoms with Crippen molar-refractivity contribution in [2.45, 2.75) is 6.92 Å². The van der Waals surface area contributed by atoms with E-state index in [9.17, 15) is 14.3 Å². The van der Waals surface area contributed by atoms with Crippen LogP contribution in [0.5, 0.6) is 5.75 Å². The summed E-state index contributed by atoms with van der Waals surface area (Å²) in [7, 11) is 1.45. The van der Waals surface area contributed by atoms with Crippen molar-refractivity contribution in [2.24, 2.45) is 0 Å². The van der Waals surface area contributed by atoms with Crippen LogP contribution < -0.4 is 4.74 Å². The second kappa shape index (κ2) is 5.06. The summed E-state index contributed by atoms with van der Waals surface area (Å²) in [5.41, 5.74) is 1.43. The van der Waals surface area contributed by atoms with Gasteiger partial charge in [0.1, 0.15) is 11.6 Å². The molecule has 1 heterocycles. The third-order valence-corrected chi connectivity index (χ3v) is 2.72. The standard InChI is InChI=1S/C14H12FNO3/c1-8-5-10(12(7-16-8)14(17)18)11-6-9(15)3-4-13(11)19-2/h3-7H,1-2H3,(H,17,18). The van der Waals surface area contributed by atoms with Crippen LogP contribution in [0, 0.1) is 12.7 Å². The van der Waals surface area contributed by atoms with Gasteiger partial charge in [0.05, 0.1) is 12.7 Å². The van der Waals surface area contributed by atoms with Gasteiger partial charge in [-0.1, -0.05) is 0 Å². The van der Waals surface area contributed by atoms with E-state index >= 15 is 0 Å². The van der Waals surface area contributed by atoms with E-state index in [4.69, 9.17) is 4.74 Å². The summed E-state index contributed by atoms with van der Waals surface area (Å²) in [6, 6.07) is 5.57. The zero-order valence-corrected chi connectivity index (χ0v) is 10.5. The Bertz CT molecular complexity index is 641. The number of hydrogen-bond acceptors (Lipinski definition) is 3. The minimum atomic E-state index is -1.12. The SMILES string of the molecule is COc1ccc(F)cc1-c1cc(C)ncc1C(=O)O. The van der Waals surface area contributed by atoms with Crippen LogP contribution in [0.15, 0.2) is 30.5 Å². The van der Waals surface area contributed by atoms with Crippen molar-refractivity contribution >= 4 is 5.97 Å². The highest BCUT2D eigenvalue weighted by molar-refractivity contribution is 5.96. The van der Waals surface area contributed by atoms with Crippen LogP contribution in [0.2, 0.25) is 0 Å². The number of aromatic nitrogens is 1. The molecule has 0 atom stereocenters. The summed E-state index contributed by atoms with van der Waals surface area (Å²) in [6.45, 7) is 1.74. The Balaban J connectivity index is 2.73. The molecule has 0 bridgehead atoms.